The molecule has 0 aliphatic carbocycles. The van der Waals surface area contributed by atoms with Crippen molar-refractivity contribution in [1.82, 2.24) is 4.98 Å². The molecule has 1 heterocycles. The van der Waals surface area contributed by atoms with Crippen molar-refractivity contribution in [2.45, 2.75) is 39.5 Å². The average molecular weight is 308 g/mol. The Morgan fingerprint density at radius 2 is 1.85 bits per heavy atom. The Kier molecular flexibility index (Phi) is 4.31. The number of hydrogen-bond acceptors (Lipinski definition) is 3. The largest absolute Gasteiger partial charge is 0.294 e. The van der Waals surface area contributed by atoms with Gasteiger partial charge in [0.25, 0.3) is 0 Å². The molecule has 0 unspecified atom stereocenters. The number of benzene rings is 1. The normalized spacial score (nSPS) is 11.7. The Balaban J connectivity index is 2.34. The van der Waals surface area contributed by atoms with Gasteiger partial charge in [-0.3, -0.25) is 4.79 Å². The fourth-order valence-electron chi connectivity index (χ4n) is 1.96. The number of carbonyl (C=O) groups is 1. The summed E-state index contributed by atoms with van der Waals surface area (Å²) in [5.74, 6) is 0.0924. The highest BCUT2D eigenvalue weighted by Crippen LogP contribution is 2.31. The molecule has 2 aromatic rings. The summed E-state index contributed by atoms with van der Waals surface area (Å²) >= 11 is 7.39. The van der Waals surface area contributed by atoms with Crippen LogP contribution >= 0.6 is 22.9 Å². The number of carbonyl (C=O) groups excluding carboxylic acids is 1. The van der Waals surface area contributed by atoms with Gasteiger partial charge < -0.3 is 0 Å². The minimum absolute atomic E-state index is 0.0924. The lowest BCUT2D eigenvalue weighted by Crippen LogP contribution is -2.15. The molecule has 0 atom stereocenters. The molecule has 2 rings (SSSR count). The average Bonchev–Trinajstić information content (AvgIpc) is 2.76. The Morgan fingerprint density at radius 1 is 1.25 bits per heavy atom. The van der Waals surface area contributed by atoms with Gasteiger partial charge in [0.1, 0.15) is 0 Å². The van der Waals surface area contributed by atoms with E-state index in [2.05, 4.69) is 25.8 Å². The van der Waals surface area contributed by atoms with Crippen molar-refractivity contribution in [3.63, 3.8) is 0 Å². The van der Waals surface area contributed by atoms with Crippen LogP contribution in [-0.2, 0) is 11.8 Å². The summed E-state index contributed by atoms with van der Waals surface area (Å²) < 4.78 is 0. The third kappa shape index (κ3) is 3.47. The van der Waals surface area contributed by atoms with Crippen LogP contribution in [0.15, 0.2) is 24.3 Å². The Morgan fingerprint density at radius 3 is 2.30 bits per heavy atom. The van der Waals surface area contributed by atoms with Crippen LogP contribution in [0.2, 0.25) is 5.02 Å². The first-order valence-electron chi connectivity index (χ1n) is 6.53. The van der Waals surface area contributed by atoms with Gasteiger partial charge in [-0.05, 0) is 17.7 Å². The first kappa shape index (κ1) is 15.2. The highest BCUT2D eigenvalue weighted by atomic mass is 35.5. The maximum Gasteiger partial charge on any atom is 0.171 e. The monoisotopic (exact) mass is 307 g/mol. The van der Waals surface area contributed by atoms with E-state index in [1.807, 2.05) is 24.3 Å². The summed E-state index contributed by atoms with van der Waals surface area (Å²) in [6.07, 6.45) is 0.734. The molecule has 0 radical (unpaired) electrons. The molecule has 0 N–H and O–H groups in total. The third-order valence-electron chi connectivity index (χ3n) is 2.97. The molecule has 20 heavy (non-hydrogen) atoms. The van der Waals surface area contributed by atoms with Crippen LogP contribution in [0.4, 0.5) is 0 Å². The summed E-state index contributed by atoms with van der Waals surface area (Å²) in [4.78, 5) is 17.2. The number of halogens is 1. The molecule has 0 saturated carbocycles. The zero-order chi connectivity index (χ0) is 14.9. The van der Waals surface area contributed by atoms with Crippen LogP contribution in [0.1, 0.15) is 53.6 Å². The van der Waals surface area contributed by atoms with E-state index < -0.39 is 0 Å². The first-order valence-corrected chi connectivity index (χ1v) is 7.72. The number of aromatic nitrogens is 1. The summed E-state index contributed by atoms with van der Waals surface area (Å²) in [5.41, 5.74) is 1.94. The molecule has 0 bridgehead atoms. The van der Waals surface area contributed by atoms with Gasteiger partial charge in [-0.1, -0.05) is 44.5 Å². The number of Topliss-reactive ketones (excluding diaryl/α,β-unsaturated/α-hetero) is 1. The highest BCUT2D eigenvalue weighted by molar-refractivity contribution is 7.13. The van der Waals surface area contributed by atoms with Gasteiger partial charge >= 0.3 is 0 Å². The zero-order valence-corrected chi connectivity index (χ0v) is 13.7. The van der Waals surface area contributed by atoms with E-state index >= 15 is 0 Å². The maximum atomic E-state index is 11.8. The SMILES string of the molecule is CC(=O)c1sc(Cc2ccc(Cl)cc2)nc1C(C)(C)C. The van der Waals surface area contributed by atoms with Crippen molar-refractivity contribution < 1.29 is 4.79 Å². The molecule has 1 aromatic heterocycles. The summed E-state index contributed by atoms with van der Waals surface area (Å²) in [6, 6.07) is 7.74. The van der Waals surface area contributed by atoms with E-state index in [4.69, 9.17) is 11.6 Å². The molecule has 106 valence electrons. The number of thiazole rings is 1. The van der Waals surface area contributed by atoms with Crippen molar-refractivity contribution in [1.29, 1.82) is 0 Å². The standard InChI is InChI=1S/C16H18ClNOS/c1-10(19)14-15(16(2,3)4)18-13(20-14)9-11-5-7-12(17)8-6-11/h5-8H,9H2,1-4H3. The number of hydrogen-bond donors (Lipinski definition) is 0. The molecule has 1 aromatic carbocycles. The second-order valence-corrected chi connectivity index (χ2v) is 7.41. The lowest BCUT2D eigenvalue weighted by atomic mass is 9.90. The Labute approximate surface area is 128 Å². The van der Waals surface area contributed by atoms with Crippen LogP contribution in [0, 0.1) is 0 Å². The van der Waals surface area contributed by atoms with E-state index in [1.54, 1.807) is 6.92 Å². The van der Waals surface area contributed by atoms with Crippen LogP contribution < -0.4 is 0 Å². The van der Waals surface area contributed by atoms with Crippen LogP contribution in [0.5, 0.6) is 0 Å². The minimum Gasteiger partial charge on any atom is -0.294 e. The molecule has 0 fully saturated rings. The predicted molar refractivity (Wildman–Crippen MR) is 85.1 cm³/mol. The quantitative estimate of drug-likeness (QED) is 0.756. The van der Waals surface area contributed by atoms with Crippen molar-refractivity contribution in [2.24, 2.45) is 0 Å². The molecule has 0 aliphatic rings. The fourth-order valence-corrected chi connectivity index (χ4v) is 3.29. The van der Waals surface area contributed by atoms with Gasteiger partial charge in [0.2, 0.25) is 0 Å². The summed E-state index contributed by atoms with van der Waals surface area (Å²) in [5, 5.41) is 1.70. The molecule has 4 heteroatoms. The van der Waals surface area contributed by atoms with E-state index in [0.29, 0.717) is 0 Å². The molecule has 0 amide bonds. The molecular weight excluding hydrogens is 290 g/mol. The lowest BCUT2D eigenvalue weighted by Gasteiger charge is -2.16. The Bertz CT molecular complexity index is 623. The van der Waals surface area contributed by atoms with Gasteiger partial charge in [-0.2, -0.15) is 0 Å². The van der Waals surface area contributed by atoms with Gasteiger partial charge in [0, 0.05) is 23.8 Å². The lowest BCUT2D eigenvalue weighted by molar-refractivity contribution is 0.101. The summed E-state index contributed by atoms with van der Waals surface area (Å²) in [7, 11) is 0. The molecular formula is C16H18ClNOS. The molecule has 0 aliphatic heterocycles. The number of ketones is 1. The van der Waals surface area contributed by atoms with E-state index in [0.717, 1.165) is 32.6 Å². The highest BCUT2D eigenvalue weighted by Gasteiger charge is 2.25. The van der Waals surface area contributed by atoms with Crippen molar-refractivity contribution in [3.8, 4) is 0 Å². The van der Waals surface area contributed by atoms with Gasteiger partial charge in [-0.25, -0.2) is 4.98 Å². The third-order valence-corrected chi connectivity index (χ3v) is 4.38. The van der Waals surface area contributed by atoms with Gasteiger partial charge in [-0.15, -0.1) is 11.3 Å². The van der Waals surface area contributed by atoms with E-state index in [-0.39, 0.29) is 11.2 Å². The van der Waals surface area contributed by atoms with E-state index in [9.17, 15) is 4.79 Å². The van der Waals surface area contributed by atoms with Crippen molar-refractivity contribution in [3.05, 3.63) is 50.4 Å². The number of nitrogens with zero attached hydrogens (tertiary/aromatic N) is 1. The second-order valence-electron chi connectivity index (χ2n) is 5.89. The van der Waals surface area contributed by atoms with Gasteiger partial charge in [0.05, 0.1) is 15.6 Å². The number of rotatable bonds is 3. The van der Waals surface area contributed by atoms with Crippen LogP contribution in [0.25, 0.3) is 0 Å². The first-order chi connectivity index (χ1) is 9.27. The molecule has 2 nitrogen and oxygen atoms in total. The molecule has 0 spiro atoms. The second kappa shape index (κ2) is 5.66. The van der Waals surface area contributed by atoms with E-state index in [1.165, 1.54) is 11.3 Å². The predicted octanol–water partition coefficient (Wildman–Crippen LogP) is 4.89. The Hall–Kier alpha value is -1.19. The van der Waals surface area contributed by atoms with Crippen LogP contribution in [-0.4, -0.2) is 10.8 Å². The van der Waals surface area contributed by atoms with Gasteiger partial charge in [0.15, 0.2) is 5.78 Å². The fraction of sp³-hybridized carbons (Fsp3) is 0.375. The topological polar surface area (TPSA) is 30.0 Å². The maximum absolute atomic E-state index is 11.8. The van der Waals surface area contributed by atoms with Crippen molar-refractivity contribution >= 4 is 28.7 Å². The smallest absolute Gasteiger partial charge is 0.171 e. The zero-order valence-electron chi connectivity index (χ0n) is 12.2. The molecule has 0 saturated heterocycles. The summed E-state index contributed by atoms with van der Waals surface area (Å²) in [6.45, 7) is 7.86. The van der Waals surface area contributed by atoms with Crippen LogP contribution in [0.3, 0.4) is 0 Å². The minimum atomic E-state index is -0.115. The van der Waals surface area contributed by atoms with Crippen molar-refractivity contribution in [2.75, 3.05) is 0 Å².